The third kappa shape index (κ3) is 3.98. The summed E-state index contributed by atoms with van der Waals surface area (Å²) in [6.07, 6.45) is 0.731. The predicted octanol–water partition coefficient (Wildman–Crippen LogP) is 2.30. The summed E-state index contributed by atoms with van der Waals surface area (Å²) >= 11 is 0. The van der Waals surface area contributed by atoms with Gasteiger partial charge in [-0.25, -0.2) is 9.07 Å². The van der Waals surface area contributed by atoms with Gasteiger partial charge in [0.25, 0.3) is 5.91 Å². The van der Waals surface area contributed by atoms with Crippen molar-refractivity contribution in [3.63, 3.8) is 0 Å². The fourth-order valence-corrected chi connectivity index (χ4v) is 2.01. The number of amides is 1. The maximum absolute atomic E-state index is 13.1. The Balaban J connectivity index is 2.51. The van der Waals surface area contributed by atoms with Crippen molar-refractivity contribution in [3.8, 4) is 11.6 Å². The molecule has 0 aliphatic heterocycles. The van der Waals surface area contributed by atoms with Crippen molar-refractivity contribution in [1.82, 2.24) is 15.1 Å². The van der Waals surface area contributed by atoms with Crippen molar-refractivity contribution in [2.24, 2.45) is 0 Å². The normalized spacial score (nSPS) is 11.8. The van der Waals surface area contributed by atoms with Crippen molar-refractivity contribution >= 4 is 5.91 Å². The van der Waals surface area contributed by atoms with Crippen molar-refractivity contribution in [2.45, 2.75) is 33.2 Å². The minimum Gasteiger partial charge on any atom is -0.478 e. The molecule has 0 radical (unpaired) electrons. The van der Waals surface area contributed by atoms with Crippen LogP contribution in [0.25, 0.3) is 5.69 Å². The van der Waals surface area contributed by atoms with E-state index in [1.165, 1.54) is 35.0 Å². The average molecular weight is 333 g/mol. The lowest BCUT2D eigenvalue weighted by Gasteiger charge is -2.15. The Morgan fingerprint density at radius 2 is 2.00 bits per heavy atom. The molecule has 128 valence electrons. The van der Waals surface area contributed by atoms with Gasteiger partial charge in [-0.15, -0.1) is 0 Å². The Morgan fingerprint density at radius 1 is 1.33 bits per heavy atom. The van der Waals surface area contributed by atoms with Gasteiger partial charge in [0.2, 0.25) is 11.3 Å². The second-order valence-corrected chi connectivity index (χ2v) is 5.30. The summed E-state index contributed by atoms with van der Waals surface area (Å²) in [4.78, 5) is 24.4. The molecule has 0 saturated heterocycles. The van der Waals surface area contributed by atoms with E-state index in [-0.39, 0.29) is 17.6 Å². The van der Waals surface area contributed by atoms with E-state index in [0.717, 1.165) is 6.42 Å². The van der Waals surface area contributed by atoms with Crippen molar-refractivity contribution < 1.29 is 13.9 Å². The third-order valence-corrected chi connectivity index (χ3v) is 3.47. The fraction of sp³-hybridized carbons (Fsp3) is 0.353. The Kier molecular flexibility index (Phi) is 5.68. The second kappa shape index (κ2) is 7.72. The first-order chi connectivity index (χ1) is 11.5. The molecule has 0 aliphatic carbocycles. The zero-order chi connectivity index (χ0) is 17.7. The topological polar surface area (TPSA) is 73.2 Å². The minimum absolute atomic E-state index is 0.0791. The maximum Gasteiger partial charge on any atom is 0.276 e. The minimum atomic E-state index is -0.548. The molecule has 0 saturated carbocycles. The summed E-state index contributed by atoms with van der Waals surface area (Å²) < 4.78 is 19.9. The van der Waals surface area contributed by atoms with Crippen LogP contribution >= 0.6 is 0 Å². The number of aromatic nitrogens is 2. The van der Waals surface area contributed by atoms with Gasteiger partial charge in [-0.1, -0.05) is 6.92 Å². The van der Waals surface area contributed by atoms with Gasteiger partial charge in [0.05, 0.1) is 18.4 Å². The van der Waals surface area contributed by atoms with Gasteiger partial charge < -0.3 is 10.1 Å². The summed E-state index contributed by atoms with van der Waals surface area (Å²) in [6.45, 7) is 5.85. The summed E-state index contributed by atoms with van der Waals surface area (Å²) in [5, 5.41) is 6.83. The van der Waals surface area contributed by atoms with Crippen molar-refractivity contribution in [1.29, 1.82) is 0 Å². The van der Waals surface area contributed by atoms with Gasteiger partial charge in [-0.05, 0) is 44.5 Å². The van der Waals surface area contributed by atoms with E-state index in [9.17, 15) is 14.0 Å². The van der Waals surface area contributed by atoms with Crippen molar-refractivity contribution in [2.75, 3.05) is 6.61 Å². The molecule has 0 unspecified atom stereocenters. The molecule has 1 N–H and O–H groups in total. The number of rotatable bonds is 6. The number of hydrogen-bond donors (Lipinski definition) is 1. The Labute approximate surface area is 139 Å². The molecule has 1 atom stereocenters. The molecule has 7 heteroatoms. The first kappa shape index (κ1) is 17.7. The summed E-state index contributed by atoms with van der Waals surface area (Å²) in [5.41, 5.74) is -0.280. The second-order valence-electron chi connectivity index (χ2n) is 5.30. The molecular formula is C17H20FN3O3. The number of halogens is 1. The smallest absolute Gasteiger partial charge is 0.276 e. The van der Waals surface area contributed by atoms with Crippen LogP contribution in [0.1, 0.15) is 37.7 Å². The van der Waals surface area contributed by atoms with E-state index in [1.54, 1.807) is 6.92 Å². The van der Waals surface area contributed by atoms with Crippen LogP contribution in [-0.4, -0.2) is 28.3 Å². The van der Waals surface area contributed by atoms with Gasteiger partial charge in [-0.2, -0.15) is 5.10 Å². The zero-order valence-corrected chi connectivity index (χ0v) is 13.9. The number of nitrogens with one attached hydrogen (secondary N) is 1. The maximum atomic E-state index is 13.1. The van der Waals surface area contributed by atoms with Crippen LogP contribution in [0.15, 0.2) is 35.1 Å². The van der Waals surface area contributed by atoms with Crippen LogP contribution in [0.3, 0.4) is 0 Å². The highest BCUT2D eigenvalue weighted by molar-refractivity contribution is 5.92. The monoisotopic (exact) mass is 333 g/mol. The van der Waals surface area contributed by atoms with Gasteiger partial charge in [0.1, 0.15) is 5.82 Å². The highest BCUT2D eigenvalue weighted by Crippen LogP contribution is 2.16. The largest absolute Gasteiger partial charge is 0.478 e. The van der Waals surface area contributed by atoms with E-state index in [4.69, 9.17) is 4.74 Å². The van der Waals surface area contributed by atoms with E-state index >= 15 is 0 Å². The van der Waals surface area contributed by atoms with Crippen LogP contribution in [-0.2, 0) is 0 Å². The lowest BCUT2D eigenvalue weighted by atomic mass is 10.2. The number of hydrogen-bond acceptors (Lipinski definition) is 4. The molecule has 2 aromatic rings. The van der Waals surface area contributed by atoms with Crippen LogP contribution < -0.4 is 15.5 Å². The van der Waals surface area contributed by atoms with E-state index in [0.29, 0.717) is 12.3 Å². The quantitative estimate of drug-likeness (QED) is 0.880. The first-order valence-corrected chi connectivity index (χ1v) is 7.80. The van der Waals surface area contributed by atoms with Gasteiger partial charge in [-0.3, -0.25) is 9.59 Å². The fourth-order valence-electron chi connectivity index (χ4n) is 2.01. The van der Waals surface area contributed by atoms with E-state index < -0.39 is 17.2 Å². The SMILES string of the molecule is CCOc1cc(=O)c(C(=O)N[C@H](C)CC)nn1-c1ccc(F)cc1. The third-order valence-electron chi connectivity index (χ3n) is 3.47. The van der Waals surface area contributed by atoms with Gasteiger partial charge >= 0.3 is 0 Å². The van der Waals surface area contributed by atoms with E-state index in [2.05, 4.69) is 10.4 Å². The van der Waals surface area contributed by atoms with Crippen LogP contribution in [0, 0.1) is 5.82 Å². The molecule has 24 heavy (non-hydrogen) atoms. The Bertz CT molecular complexity index is 772. The highest BCUT2D eigenvalue weighted by atomic mass is 19.1. The zero-order valence-electron chi connectivity index (χ0n) is 13.9. The van der Waals surface area contributed by atoms with Gasteiger partial charge in [0, 0.05) is 6.04 Å². The molecule has 2 rings (SSSR count). The summed E-state index contributed by atoms with van der Waals surface area (Å²) in [5.74, 6) is -0.755. The molecule has 0 spiro atoms. The van der Waals surface area contributed by atoms with Crippen molar-refractivity contribution in [3.05, 3.63) is 52.1 Å². The molecule has 6 nitrogen and oxygen atoms in total. The average Bonchev–Trinajstić information content (AvgIpc) is 2.56. The summed E-state index contributed by atoms with van der Waals surface area (Å²) in [7, 11) is 0. The molecule has 1 heterocycles. The highest BCUT2D eigenvalue weighted by Gasteiger charge is 2.18. The van der Waals surface area contributed by atoms with Crippen LogP contribution in [0.5, 0.6) is 5.88 Å². The molecule has 0 fully saturated rings. The molecule has 0 aliphatic rings. The number of ether oxygens (including phenoxy) is 1. The molecule has 1 amide bonds. The standard InChI is InChI=1S/C17H20FN3O3/c1-4-11(3)19-17(23)16-14(22)10-15(24-5-2)21(20-16)13-8-6-12(18)7-9-13/h6-11H,4-5H2,1-3H3,(H,19,23)/t11-/m1/s1. The predicted molar refractivity (Wildman–Crippen MR) is 88.2 cm³/mol. The van der Waals surface area contributed by atoms with Crippen LogP contribution in [0.2, 0.25) is 0 Å². The summed E-state index contributed by atoms with van der Waals surface area (Å²) in [6, 6.07) is 6.65. The Hall–Kier alpha value is -2.70. The number of nitrogens with zero attached hydrogens (tertiary/aromatic N) is 2. The van der Waals surface area contributed by atoms with E-state index in [1.807, 2.05) is 13.8 Å². The lowest BCUT2D eigenvalue weighted by Crippen LogP contribution is -2.36. The molecule has 0 bridgehead atoms. The molecule has 1 aromatic carbocycles. The number of benzene rings is 1. The molecular weight excluding hydrogens is 313 g/mol. The number of carbonyl (C=O) groups is 1. The Morgan fingerprint density at radius 3 is 2.58 bits per heavy atom. The number of carbonyl (C=O) groups excluding carboxylic acids is 1. The van der Waals surface area contributed by atoms with Gasteiger partial charge in [0.15, 0.2) is 5.69 Å². The molecule has 1 aromatic heterocycles. The first-order valence-electron chi connectivity index (χ1n) is 7.80. The van der Waals surface area contributed by atoms with Crippen LogP contribution in [0.4, 0.5) is 4.39 Å². The lowest BCUT2D eigenvalue weighted by molar-refractivity contribution is 0.0931.